The predicted molar refractivity (Wildman–Crippen MR) is 93.3 cm³/mol. The molecule has 10 heteroatoms. The lowest BCUT2D eigenvalue weighted by atomic mass is 10.1. The first-order valence-corrected chi connectivity index (χ1v) is 9.67. The van der Waals surface area contributed by atoms with Crippen molar-refractivity contribution in [3.8, 4) is 5.75 Å². The monoisotopic (exact) mass is 389 g/mol. The van der Waals surface area contributed by atoms with Gasteiger partial charge in [-0.1, -0.05) is 25.5 Å². The fourth-order valence-electron chi connectivity index (χ4n) is 1.85. The molecule has 1 atom stereocenters. The predicted octanol–water partition coefficient (Wildman–Crippen LogP) is 3.16. The van der Waals surface area contributed by atoms with Crippen LogP contribution < -0.4 is 10.1 Å². The number of carboxylic acid groups (broad SMARTS) is 1. The van der Waals surface area contributed by atoms with E-state index in [0.29, 0.717) is 17.7 Å². The number of amides is 1. The van der Waals surface area contributed by atoms with Gasteiger partial charge < -0.3 is 28.9 Å². The van der Waals surface area contributed by atoms with Gasteiger partial charge in [-0.3, -0.25) is 4.57 Å². The minimum Gasteiger partial charge on any atom is -0.481 e. The van der Waals surface area contributed by atoms with Crippen molar-refractivity contribution in [3.63, 3.8) is 0 Å². The van der Waals surface area contributed by atoms with Gasteiger partial charge >= 0.3 is 19.7 Å². The smallest absolute Gasteiger partial charge is 0.408 e. The molecule has 9 nitrogen and oxygen atoms in total. The molecule has 0 heterocycles. The van der Waals surface area contributed by atoms with Crippen molar-refractivity contribution in [1.29, 1.82) is 0 Å². The highest BCUT2D eigenvalue weighted by molar-refractivity contribution is 7.53. The first-order valence-electron chi connectivity index (χ1n) is 7.94. The highest BCUT2D eigenvalue weighted by Crippen LogP contribution is 2.46. The molecule has 0 aliphatic rings. The highest BCUT2D eigenvalue weighted by Gasteiger charge is 2.24. The first kappa shape index (κ1) is 22.0. The number of hydrogen-bond acceptors (Lipinski definition) is 7. The summed E-state index contributed by atoms with van der Waals surface area (Å²) >= 11 is 0. The molecule has 2 N–H and O–H groups in total. The average Bonchev–Trinajstić information content (AvgIpc) is 2.64. The molecule has 0 saturated carbocycles. The molecule has 0 bridgehead atoms. The second kappa shape index (κ2) is 10.8. The number of ether oxygens (including phenoxy) is 2. The summed E-state index contributed by atoms with van der Waals surface area (Å²) in [6, 6.07) is 4.67. The fraction of sp³-hybridized carbons (Fsp3) is 0.500. The number of aliphatic carboxylic acids is 1. The summed E-state index contributed by atoms with van der Waals surface area (Å²) in [6.45, 7) is 2.17. The van der Waals surface area contributed by atoms with Crippen LogP contribution in [0.3, 0.4) is 0 Å². The van der Waals surface area contributed by atoms with Gasteiger partial charge in [-0.25, -0.2) is 9.59 Å². The molecule has 0 aliphatic heterocycles. The molecule has 0 fully saturated rings. The zero-order valence-electron chi connectivity index (χ0n) is 15.0. The number of hydrogen-bond donors (Lipinski definition) is 2. The maximum atomic E-state index is 11.9. The van der Waals surface area contributed by atoms with Crippen molar-refractivity contribution >= 4 is 19.7 Å². The zero-order chi connectivity index (χ0) is 19.6. The quantitative estimate of drug-likeness (QED) is 0.437. The van der Waals surface area contributed by atoms with Gasteiger partial charge in [0.1, 0.15) is 5.75 Å². The lowest BCUT2D eigenvalue weighted by Crippen LogP contribution is -2.34. The largest absolute Gasteiger partial charge is 0.481 e. The van der Waals surface area contributed by atoms with Crippen molar-refractivity contribution in [1.82, 2.24) is 5.32 Å². The maximum absolute atomic E-state index is 11.9. The van der Waals surface area contributed by atoms with E-state index in [0.717, 1.165) is 6.42 Å². The van der Waals surface area contributed by atoms with E-state index in [-0.39, 0.29) is 13.0 Å². The number of unbranched alkanes of at least 4 members (excludes halogenated alkanes) is 1. The van der Waals surface area contributed by atoms with Gasteiger partial charge in [0.15, 0.2) is 12.4 Å². The third kappa shape index (κ3) is 7.03. The second-order valence-corrected chi connectivity index (χ2v) is 7.43. The number of nitrogens with one attached hydrogen (secondary N) is 1. The molecule has 1 aromatic carbocycles. The van der Waals surface area contributed by atoms with Gasteiger partial charge in [0.25, 0.3) is 0 Å². The third-order valence-corrected chi connectivity index (χ3v) is 4.96. The summed E-state index contributed by atoms with van der Waals surface area (Å²) in [6.07, 6.45) is 0.469. The summed E-state index contributed by atoms with van der Waals surface area (Å²) in [5.74, 6) is -0.882. The number of benzene rings is 1. The summed E-state index contributed by atoms with van der Waals surface area (Å²) in [4.78, 5) is 23.1. The number of carbonyl (C=O) groups excluding carboxylic acids is 1. The van der Waals surface area contributed by atoms with Crippen LogP contribution in [0, 0.1) is 0 Å². The van der Waals surface area contributed by atoms with Crippen molar-refractivity contribution in [3.05, 3.63) is 29.8 Å². The van der Waals surface area contributed by atoms with Crippen LogP contribution >= 0.6 is 7.60 Å². The molecule has 0 aliphatic carbocycles. The van der Waals surface area contributed by atoms with Crippen molar-refractivity contribution in [2.75, 3.05) is 27.2 Å². The van der Waals surface area contributed by atoms with Crippen LogP contribution in [-0.2, 0) is 23.1 Å². The molecule has 1 aromatic rings. The Kier molecular flexibility index (Phi) is 9.12. The van der Waals surface area contributed by atoms with E-state index < -0.39 is 25.7 Å². The Morgan fingerprint density at radius 1 is 1.19 bits per heavy atom. The van der Waals surface area contributed by atoms with Gasteiger partial charge in [0.05, 0.1) is 6.61 Å². The summed E-state index contributed by atoms with van der Waals surface area (Å²) < 4.78 is 31.7. The molecule has 1 rings (SSSR count). The lowest BCUT2D eigenvalue weighted by Gasteiger charge is -2.16. The maximum Gasteiger partial charge on any atom is 0.408 e. The van der Waals surface area contributed by atoms with E-state index >= 15 is 0 Å². The Labute approximate surface area is 152 Å². The Morgan fingerprint density at radius 2 is 1.81 bits per heavy atom. The second-order valence-electron chi connectivity index (χ2n) is 5.22. The minimum atomic E-state index is -3.32. The van der Waals surface area contributed by atoms with E-state index in [4.69, 9.17) is 18.5 Å². The Morgan fingerprint density at radius 3 is 2.31 bits per heavy atom. The van der Waals surface area contributed by atoms with Crippen LogP contribution in [0.15, 0.2) is 24.3 Å². The summed E-state index contributed by atoms with van der Waals surface area (Å²) in [5, 5.41) is 11.6. The first-order chi connectivity index (χ1) is 12.3. The van der Waals surface area contributed by atoms with E-state index in [1.165, 1.54) is 38.5 Å². The normalized spacial score (nSPS) is 12.3. The van der Waals surface area contributed by atoms with E-state index in [1.54, 1.807) is 0 Å². The molecule has 0 aromatic heterocycles. The number of rotatable bonds is 11. The number of alkyl carbamates (subject to hydrolysis) is 1. The van der Waals surface area contributed by atoms with Gasteiger partial charge in [-0.2, -0.15) is 0 Å². The van der Waals surface area contributed by atoms with E-state index in [1.807, 2.05) is 6.92 Å². The summed E-state index contributed by atoms with van der Waals surface area (Å²) in [5.41, 5.74) is 0.332. The van der Waals surface area contributed by atoms with Crippen molar-refractivity contribution in [2.24, 2.45) is 0 Å². The standard InChI is InChI=1S/C16H24NO8P/c1-4-5-10-24-16(20)17-14(15(18)19)12-6-8-13(9-7-12)25-11-26(21,22-2)23-3/h6-9,14H,4-5,10-11H2,1-3H3,(H,17,20)(H,18,19). The number of carbonyl (C=O) groups is 2. The fourth-order valence-corrected chi connectivity index (χ4v) is 2.51. The van der Waals surface area contributed by atoms with Crippen LogP contribution in [0.25, 0.3) is 0 Å². The Balaban J connectivity index is 2.71. The lowest BCUT2D eigenvalue weighted by molar-refractivity contribution is -0.139. The van der Waals surface area contributed by atoms with Gasteiger partial charge in [0.2, 0.25) is 0 Å². The van der Waals surface area contributed by atoms with Crippen molar-refractivity contribution in [2.45, 2.75) is 25.8 Å². The van der Waals surface area contributed by atoms with Crippen molar-refractivity contribution < 1.29 is 37.8 Å². The molecule has 0 saturated heterocycles. The Bertz CT molecular complexity index is 626. The molecule has 26 heavy (non-hydrogen) atoms. The van der Waals surface area contributed by atoms with Gasteiger partial charge in [-0.05, 0) is 24.1 Å². The average molecular weight is 389 g/mol. The van der Waals surface area contributed by atoms with Crippen LogP contribution in [0.1, 0.15) is 31.4 Å². The van der Waals surface area contributed by atoms with Crippen LogP contribution in [0.2, 0.25) is 0 Å². The van der Waals surface area contributed by atoms with Gasteiger partial charge in [-0.15, -0.1) is 0 Å². The molecular weight excluding hydrogens is 365 g/mol. The van der Waals surface area contributed by atoms with E-state index in [9.17, 15) is 19.3 Å². The van der Waals surface area contributed by atoms with Crippen LogP contribution in [-0.4, -0.2) is 44.3 Å². The SMILES string of the molecule is CCCCOC(=O)NC(C(=O)O)c1ccc(OCP(=O)(OC)OC)cc1. The molecule has 146 valence electrons. The number of carboxylic acids is 1. The van der Waals surface area contributed by atoms with Crippen LogP contribution in [0.5, 0.6) is 5.75 Å². The van der Waals surface area contributed by atoms with Crippen LogP contribution in [0.4, 0.5) is 4.79 Å². The Hall–Kier alpha value is -2.09. The van der Waals surface area contributed by atoms with E-state index in [2.05, 4.69) is 5.32 Å². The molecule has 0 spiro atoms. The summed E-state index contributed by atoms with van der Waals surface area (Å²) in [7, 11) is -0.817. The van der Waals surface area contributed by atoms with Gasteiger partial charge in [0, 0.05) is 14.2 Å². The highest BCUT2D eigenvalue weighted by atomic mass is 31.2. The molecule has 1 unspecified atom stereocenters. The molecular formula is C16H24NO8P. The zero-order valence-corrected chi connectivity index (χ0v) is 15.9. The topological polar surface area (TPSA) is 120 Å². The molecule has 0 radical (unpaired) electrons. The minimum absolute atomic E-state index is 0.223. The molecule has 1 amide bonds. The third-order valence-electron chi connectivity index (χ3n) is 3.40.